The van der Waals surface area contributed by atoms with Crippen molar-refractivity contribution in [1.29, 1.82) is 0 Å². The fraction of sp³-hybridized carbons (Fsp3) is 0.278. The summed E-state index contributed by atoms with van der Waals surface area (Å²) >= 11 is 0. The lowest BCUT2D eigenvalue weighted by molar-refractivity contribution is 0.304. The van der Waals surface area contributed by atoms with E-state index in [9.17, 15) is 5.11 Å². The number of piperidine rings is 1. The second-order valence-corrected chi connectivity index (χ2v) is 6.32. The number of nitrogens with one attached hydrogen (secondary N) is 1. The van der Waals surface area contributed by atoms with Crippen LogP contribution in [0.15, 0.2) is 36.5 Å². The summed E-state index contributed by atoms with van der Waals surface area (Å²) in [5.74, 6) is -0.240. The molecule has 0 spiro atoms. The van der Waals surface area contributed by atoms with E-state index in [1.54, 1.807) is 30.3 Å². The number of para-hydroxylation sites is 1. The van der Waals surface area contributed by atoms with Crippen molar-refractivity contribution >= 4 is 5.82 Å². The fourth-order valence-corrected chi connectivity index (χ4v) is 3.27. The monoisotopic (exact) mass is 354 g/mol. The number of anilines is 1. The Labute approximate surface area is 149 Å². The summed E-state index contributed by atoms with van der Waals surface area (Å²) in [5.41, 5.74) is 7.57. The van der Waals surface area contributed by atoms with E-state index in [0.29, 0.717) is 16.8 Å². The Morgan fingerprint density at radius 2 is 1.88 bits per heavy atom. The van der Waals surface area contributed by atoms with Crippen LogP contribution in [0.5, 0.6) is 5.75 Å². The van der Waals surface area contributed by atoms with E-state index >= 15 is 4.39 Å². The molecule has 26 heavy (non-hydrogen) atoms. The van der Waals surface area contributed by atoms with Crippen molar-refractivity contribution in [2.45, 2.75) is 18.9 Å². The molecule has 4 rings (SSSR count). The molecule has 8 heteroatoms. The average Bonchev–Trinajstić information content (AvgIpc) is 3.05. The topological polar surface area (TPSA) is 102 Å². The molecule has 134 valence electrons. The molecule has 0 aliphatic carbocycles. The van der Waals surface area contributed by atoms with Crippen molar-refractivity contribution in [2.24, 2.45) is 0 Å². The van der Waals surface area contributed by atoms with Crippen molar-refractivity contribution in [3.8, 4) is 28.1 Å². The summed E-state index contributed by atoms with van der Waals surface area (Å²) in [6.45, 7) is 1.69. The molecular weight excluding hydrogens is 335 g/mol. The molecule has 3 aromatic rings. The second kappa shape index (κ2) is 6.72. The number of nitrogens with two attached hydrogens (primary N) is 1. The molecule has 0 radical (unpaired) electrons. The minimum Gasteiger partial charge on any atom is -0.507 e. The molecule has 1 aliphatic rings. The molecule has 1 fully saturated rings. The summed E-state index contributed by atoms with van der Waals surface area (Å²) < 4.78 is 16.4. The van der Waals surface area contributed by atoms with E-state index in [1.165, 1.54) is 10.9 Å². The number of phenolic OH excluding ortho intramolecular Hbond substituents is 1. The summed E-state index contributed by atoms with van der Waals surface area (Å²) in [5, 5.41) is 25.5. The van der Waals surface area contributed by atoms with E-state index in [-0.39, 0.29) is 23.2 Å². The smallest absolute Gasteiger partial charge is 0.219 e. The van der Waals surface area contributed by atoms with E-state index in [4.69, 9.17) is 5.73 Å². The summed E-state index contributed by atoms with van der Waals surface area (Å²) in [7, 11) is 0. The molecule has 0 bridgehead atoms. The zero-order valence-corrected chi connectivity index (χ0v) is 14.1. The maximum Gasteiger partial charge on any atom is 0.219 e. The molecule has 1 saturated heterocycles. The number of hydrogen-bond donors (Lipinski definition) is 3. The van der Waals surface area contributed by atoms with Crippen LogP contribution in [-0.4, -0.2) is 38.2 Å². The van der Waals surface area contributed by atoms with E-state index in [1.807, 2.05) is 0 Å². The zero-order valence-electron chi connectivity index (χ0n) is 14.1. The molecule has 0 atom stereocenters. The first-order valence-electron chi connectivity index (χ1n) is 8.51. The predicted octanol–water partition coefficient (Wildman–Crippen LogP) is 2.36. The highest BCUT2D eigenvalue weighted by Gasteiger charge is 2.23. The number of hydrogen-bond acceptors (Lipinski definition) is 6. The highest BCUT2D eigenvalue weighted by Crippen LogP contribution is 2.34. The summed E-state index contributed by atoms with van der Waals surface area (Å²) in [6.07, 6.45) is 3.12. The van der Waals surface area contributed by atoms with Gasteiger partial charge in [-0.3, -0.25) is 0 Å². The average molecular weight is 354 g/mol. The van der Waals surface area contributed by atoms with Gasteiger partial charge in [-0.05, 0) is 44.1 Å². The quantitative estimate of drug-likeness (QED) is 0.667. The van der Waals surface area contributed by atoms with Crippen LogP contribution in [0.4, 0.5) is 10.2 Å². The number of nitrogen functional groups attached to an aromatic ring is 1. The Balaban J connectivity index is 1.75. The van der Waals surface area contributed by atoms with Crippen LogP contribution in [0.2, 0.25) is 0 Å². The predicted molar refractivity (Wildman–Crippen MR) is 95.9 cm³/mol. The number of nitrogens with zero attached hydrogens (tertiary/aromatic N) is 4. The van der Waals surface area contributed by atoms with Crippen molar-refractivity contribution in [3.05, 3.63) is 42.5 Å². The second-order valence-electron chi connectivity index (χ2n) is 6.32. The van der Waals surface area contributed by atoms with Crippen molar-refractivity contribution in [3.63, 3.8) is 0 Å². The highest BCUT2D eigenvalue weighted by molar-refractivity contribution is 5.78. The maximum absolute atomic E-state index is 15.0. The third-order valence-electron chi connectivity index (χ3n) is 4.68. The van der Waals surface area contributed by atoms with Gasteiger partial charge in [-0.15, -0.1) is 10.2 Å². The molecule has 1 aliphatic heterocycles. The van der Waals surface area contributed by atoms with Crippen LogP contribution >= 0.6 is 0 Å². The molecule has 0 saturated carbocycles. The molecule has 4 N–H and O–H groups in total. The normalized spacial score (nSPS) is 15.3. The molecule has 1 aromatic carbocycles. The Kier molecular flexibility index (Phi) is 4.26. The Morgan fingerprint density at radius 3 is 2.65 bits per heavy atom. The Hall–Kier alpha value is -3.00. The maximum atomic E-state index is 15.0. The zero-order chi connectivity index (χ0) is 18.1. The van der Waals surface area contributed by atoms with Crippen LogP contribution in [0.25, 0.3) is 22.4 Å². The number of benzene rings is 1. The van der Waals surface area contributed by atoms with E-state index < -0.39 is 5.95 Å². The lowest BCUT2D eigenvalue weighted by Crippen LogP contribution is -2.30. The van der Waals surface area contributed by atoms with Gasteiger partial charge in [-0.1, -0.05) is 12.1 Å². The van der Waals surface area contributed by atoms with Crippen molar-refractivity contribution < 1.29 is 9.50 Å². The van der Waals surface area contributed by atoms with Crippen LogP contribution in [0.1, 0.15) is 18.9 Å². The number of phenols is 1. The van der Waals surface area contributed by atoms with Gasteiger partial charge in [0.15, 0.2) is 5.82 Å². The van der Waals surface area contributed by atoms with Crippen molar-refractivity contribution in [1.82, 2.24) is 25.3 Å². The van der Waals surface area contributed by atoms with Gasteiger partial charge in [0.2, 0.25) is 5.95 Å². The number of aromatic nitrogens is 4. The Morgan fingerprint density at radius 1 is 1.12 bits per heavy atom. The van der Waals surface area contributed by atoms with Crippen molar-refractivity contribution in [2.75, 3.05) is 18.8 Å². The van der Waals surface area contributed by atoms with Gasteiger partial charge < -0.3 is 16.2 Å². The first-order valence-corrected chi connectivity index (χ1v) is 8.51. The number of rotatable bonds is 3. The van der Waals surface area contributed by atoms with Gasteiger partial charge in [-0.2, -0.15) is 9.49 Å². The first kappa shape index (κ1) is 16.5. The molecule has 0 amide bonds. The van der Waals surface area contributed by atoms with Crippen LogP contribution in [-0.2, 0) is 0 Å². The largest absolute Gasteiger partial charge is 0.507 e. The minimum atomic E-state index is -0.431. The standard InChI is InChI=1S/C18H19FN6O/c19-17-14(10-22-25(17)11-5-7-21-8-6-11)13-9-15(23-24-18(13)20)12-3-1-2-4-16(12)26/h1-4,9-11,21,26H,5-8H2,(H2,20,24). The third kappa shape index (κ3) is 2.88. The van der Waals surface area contributed by atoms with Gasteiger partial charge in [0.25, 0.3) is 0 Å². The molecule has 7 nitrogen and oxygen atoms in total. The number of aromatic hydroxyl groups is 1. The van der Waals surface area contributed by atoms with E-state index in [2.05, 4.69) is 20.6 Å². The first-order chi connectivity index (χ1) is 12.6. The summed E-state index contributed by atoms with van der Waals surface area (Å²) in [4.78, 5) is 0. The number of halogens is 1. The minimum absolute atomic E-state index is 0.0265. The highest BCUT2D eigenvalue weighted by atomic mass is 19.1. The van der Waals surface area contributed by atoms with Crippen LogP contribution in [0, 0.1) is 5.95 Å². The van der Waals surface area contributed by atoms with Gasteiger partial charge in [-0.25, -0.2) is 4.68 Å². The van der Waals surface area contributed by atoms with Gasteiger partial charge in [0.05, 0.1) is 23.5 Å². The van der Waals surface area contributed by atoms with E-state index in [0.717, 1.165) is 25.9 Å². The SMILES string of the molecule is Nc1nnc(-c2ccccc2O)cc1-c1cnn(C2CCNCC2)c1F. The fourth-order valence-electron chi connectivity index (χ4n) is 3.27. The molecular formula is C18H19FN6O. The van der Waals surface area contributed by atoms with Gasteiger partial charge in [0, 0.05) is 11.1 Å². The lowest BCUT2D eigenvalue weighted by atomic mass is 10.1. The molecule has 3 heterocycles. The van der Waals surface area contributed by atoms with Gasteiger partial charge >= 0.3 is 0 Å². The third-order valence-corrected chi connectivity index (χ3v) is 4.68. The molecule has 2 aromatic heterocycles. The summed E-state index contributed by atoms with van der Waals surface area (Å²) in [6, 6.07) is 8.43. The lowest BCUT2D eigenvalue weighted by Gasteiger charge is -2.23. The van der Waals surface area contributed by atoms with Gasteiger partial charge in [0.1, 0.15) is 5.75 Å². The molecule has 0 unspecified atom stereocenters. The Bertz CT molecular complexity index is 935. The van der Waals surface area contributed by atoms with Crippen LogP contribution < -0.4 is 11.1 Å². The van der Waals surface area contributed by atoms with Crippen LogP contribution in [0.3, 0.4) is 0 Å².